The predicted octanol–water partition coefficient (Wildman–Crippen LogP) is 5.72. The van der Waals surface area contributed by atoms with Gasteiger partial charge in [0.1, 0.15) is 11.1 Å². The molecule has 2 aromatic rings. The van der Waals surface area contributed by atoms with Crippen LogP contribution in [0.3, 0.4) is 0 Å². The smallest absolute Gasteiger partial charge is 0.195 e. The molecule has 0 spiro atoms. The summed E-state index contributed by atoms with van der Waals surface area (Å²) in [5.41, 5.74) is 1.09. The van der Waals surface area contributed by atoms with E-state index in [9.17, 15) is 9.90 Å². The first-order chi connectivity index (χ1) is 11.2. The summed E-state index contributed by atoms with van der Waals surface area (Å²) >= 11 is 1.43. The summed E-state index contributed by atoms with van der Waals surface area (Å²) in [5.74, 6) is 0.187. The summed E-state index contributed by atoms with van der Waals surface area (Å²) in [6.45, 7) is 4.43. The molecule has 2 aromatic heterocycles. The summed E-state index contributed by atoms with van der Waals surface area (Å²) in [5, 5.41) is 13.8. The van der Waals surface area contributed by atoms with Gasteiger partial charge in [0.15, 0.2) is 4.70 Å². The molecule has 0 aromatic carbocycles. The Hall–Kier alpha value is -0.870. The molecule has 2 nitrogen and oxygen atoms in total. The minimum absolute atomic E-state index is 0.119. The molecule has 0 aliphatic heterocycles. The number of carboxylic acids is 1. The molecule has 0 radical (unpaired) electrons. The lowest BCUT2D eigenvalue weighted by atomic mass is 10.1. The van der Waals surface area contributed by atoms with Crippen LogP contribution in [0.2, 0.25) is 0 Å². The second-order valence-corrected chi connectivity index (χ2v) is 9.20. The minimum Gasteiger partial charge on any atom is -0.544 e. The number of rotatable bonds is 11. The van der Waals surface area contributed by atoms with E-state index in [1.165, 1.54) is 71.4 Å². The highest BCUT2D eigenvalue weighted by atomic mass is 32.2. The van der Waals surface area contributed by atoms with Crippen molar-refractivity contribution in [2.24, 2.45) is 0 Å². The lowest BCUT2D eigenvalue weighted by molar-refractivity contribution is -0.254. The Bertz CT molecular complexity index is 625. The van der Waals surface area contributed by atoms with Gasteiger partial charge < -0.3 is 9.90 Å². The number of thiophene rings is 2. The van der Waals surface area contributed by atoms with E-state index in [-0.39, 0.29) is 10.5 Å². The standard InChI is InChI=1S/C19H28O2S2/c1-3-5-7-9-11-15-17(19(20)21)22-16-12-14-23(18(15)16)13-10-8-6-4-2/h12,14H,3-11,13H2,1-2H3. The quantitative estimate of drug-likeness (QED) is 0.383. The van der Waals surface area contributed by atoms with E-state index in [4.69, 9.17) is 0 Å². The zero-order chi connectivity index (χ0) is 16.7. The van der Waals surface area contributed by atoms with Crippen LogP contribution in [0.4, 0.5) is 0 Å². The molecule has 1 unspecified atom stereocenters. The molecular formula is C19H28O2S2. The normalized spacial score (nSPS) is 12.2. The molecule has 1 atom stereocenters. The third kappa shape index (κ3) is 4.80. The van der Waals surface area contributed by atoms with Crippen molar-refractivity contribution in [1.82, 2.24) is 0 Å². The van der Waals surface area contributed by atoms with Gasteiger partial charge in [0.25, 0.3) is 0 Å². The molecule has 2 rings (SSSR count). The Morgan fingerprint density at radius 3 is 2.43 bits per heavy atom. The van der Waals surface area contributed by atoms with Crippen LogP contribution in [0.15, 0.2) is 11.4 Å². The number of unbranched alkanes of at least 4 members (excludes halogenated alkanes) is 6. The largest absolute Gasteiger partial charge is 0.544 e. The molecule has 0 N–H and O–H groups in total. The van der Waals surface area contributed by atoms with E-state index < -0.39 is 5.97 Å². The summed E-state index contributed by atoms with van der Waals surface area (Å²) in [4.78, 5) is 12.0. The molecule has 0 aliphatic carbocycles. The van der Waals surface area contributed by atoms with Crippen molar-refractivity contribution in [1.29, 1.82) is 0 Å². The topological polar surface area (TPSA) is 40.1 Å². The van der Waals surface area contributed by atoms with E-state index >= 15 is 0 Å². The Labute approximate surface area is 146 Å². The van der Waals surface area contributed by atoms with Crippen molar-refractivity contribution in [2.45, 2.75) is 77.4 Å². The Morgan fingerprint density at radius 2 is 1.78 bits per heavy atom. The number of hydrogen-bond donors (Lipinski definition) is 0. The second kappa shape index (κ2) is 9.43. The number of carbonyl (C=O) groups excluding carboxylic acids is 1. The maximum absolute atomic E-state index is 11.5. The van der Waals surface area contributed by atoms with Crippen molar-refractivity contribution in [3.05, 3.63) is 21.9 Å². The molecule has 0 saturated heterocycles. The van der Waals surface area contributed by atoms with Gasteiger partial charge in [0, 0.05) is 11.6 Å². The maximum atomic E-state index is 11.5. The molecule has 4 heteroatoms. The third-order valence-corrected chi connectivity index (χ3v) is 7.80. The van der Waals surface area contributed by atoms with E-state index in [1.807, 2.05) is 0 Å². The van der Waals surface area contributed by atoms with Crippen LogP contribution >= 0.6 is 21.8 Å². The van der Waals surface area contributed by atoms with Gasteiger partial charge in [-0.25, -0.2) is 0 Å². The number of aryl methyl sites for hydroxylation is 2. The van der Waals surface area contributed by atoms with Gasteiger partial charge in [-0.3, -0.25) is 0 Å². The van der Waals surface area contributed by atoms with E-state index in [2.05, 4.69) is 25.3 Å². The summed E-state index contributed by atoms with van der Waals surface area (Å²) in [6.07, 6.45) is 10.7. The fraction of sp³-hybridized carbons (Fsp3) is 0.632. The average Bonchev–Trinajstić information content (AvgIpc) is 3.08. The summed E-state index contributed by atoms with van der Waals surface area (Å²) in [7, 11) is 0.119. The number of fused-ring (bicyclic) bond motifs is 1. The molecule has 23 heavy (non-hydrogen) atoms. The van der Waals surface area contributed by atoms with E-state index in [0.717, 1.165) is 18.4 Å². The summed E-state index contributed by atoms with van der Waals surface area (Å²) in [6, 6.07) is 2.14. The predicted molar refractivity (Wildman–Crippen MR) is 101 cm³/mol. The third-order valence-electron chi connectivity index (χ3n) is 4.31. The van der Waals surface area contributed by atoms with E-state index in [0.29, 0.717) is 4.88 Å². The Morgan fingerprint density at radius 1 is 1.09 bits per heavy atom. The van der Waals surface area contributed by atoms with Gasteiger partial charge in [-0.05, 0) is 36.2 Å². The lowest BCUT2D eigenvalue weighted by Gasteiger charge is -2.04. The van der Waals surface area contributed by atoms with Crippen molar-refractivity contribution < 1.29 is 9.90 Å². The molecule has 0 bridgehead atoms. The van der Waals surface area contributed by atoms with Crippen molar-refractivity contribution in [3.8, 4) is 0 Å². The monoisotopic (exact) mass is 352 g/mol. The van der Waals surface area contributed by atoms with Crippen molar-refractivity contribution in [2.75, 3.05) is 0 Å². The summed E-state index contributed by atoms with van der Waals surface area (Å²) < 4.78 is 2.51. The zero-order valence-electron chi connectivity index (χ0n) is 14.4. The highest BCUT2D eigenvalue weighted by molar-refractivity contribution is 7.39. The molecular weight excluding hydrogens is 324 g/mol. The minimum atomic E-state index is -0.988. The van der Waals surface area contributed by atoms with Crippen LogP contribution in [0.1, 0.15) is 80.4 Å². The van der Waals surface area contributed by atoms with Gasteiger partial charge in [0.2, 0.25) is 0 Å². The molecule has 2 heterocycles. The highest BCUT2D eigenvalue weighted by Gasteiger charge is 2.23. The van der Waals surface area contributed by atoms with Gasteiger partial charge in [-0.1, -0.05) is 46.0 Å². The second-order valence-electron chi connectivity index (χ2n) is 6.20. The molecule has 128 valence electrons. The van der Waals surface area contributed by atoms with Crippen LogP contribution in [-0.2, 0) is 12.2 Å². The SMILES string of the molecule is CCCCCCc1c(C(=O)[O-])sc2cc[s+](CCCCCC)c12. The van der Waals surface area contributed by atoms with Crippen LogP contribution < -0.4 is 5.11 Å². The first-order valence-electron chi connectivity index (χ1n) is 8.93. The fourth-order valence-electron chi connectivity index (χ4n) is 3.05. The van der Waals surface area contributed by atoms with Crippen LogP contribution in [0.25, 0.3) is 9.40 Å². The van der Waals surface area contributed by atoms with Gasteiger partial charge in [0.05, 0.1) is 15.5 Å². The van der Waals surface area contributed by atoms with Crippen molar-refractivity contribution in [3.63, 3.8) is 0 Å². The van der Waals surface area contributed by atoms with Crippen LogP contribution in [-0.4, -0.2) is 5.97 Å². The average molecular weight is 353 g/mol. The molecule has 0 amide bonds. The molecule has 0 saturated carbocycles. The lowest BCUT2D eigenvalue weighted by Crippen LogP contribution is -2.22. The van der Waals surface area contributed by atoms with Gasteiger partial charge in [-0.15, -0.1) is 11.3 Å². The Balaban J connectivity index is 2.18. The fourth-order valence-corrected chi connectivity index (χ4v) is 6.77. The number of hydrogen-bond acceptors (Lipinski definition) is 3. The van der Waals surface area contributed by atoms with Gasteiger partial charge >= 0.3 is 0 Å². The molecule has 0 aliphatic rings. The first-order valence-corrected chi connectivity index (χ1v) is 11.2. The number of carbonyl (C=O) groups is 1. The highest BCUT2D eigenvalue weighted by Crippen LogP contribution is 2.43. The molecule has 0 fully saturated rings. The first kappa shape index (κ1) is 18.5. The maximum Gasteiger partial charge on any atom is 0.195 e. The number of carboxylic acid groups (broad SMARTS) is 1. The van der Waals surface area contributed by atoms with Crippen LogP contribution in [0, 0.1) is 0 Å². The van der Waals surface area contributed by atoms with Gasteiger partial charge in [-0.2, -0.15) is 0 Å². The van der Waals surface area contributed by atoms with Crippen molar-refractivity contribution >= 4 is 37.2 Å². The Kier molecular flexibility index (Phi) is 7.57. The number of aromatic carboxylic acids is 1. The zero-order valence-corrected chi connectivity index (χ0v) is 16.0. The van der Waals surface area contributed by atoms with E-state index in [1.54, 1.807) is 0 Å². The van der Waals surface area contributed by atoms with Crippen LogP contribution in [0.5, 0.6) is 0 Å².